The number of nitrogens with zero attached hydrogens (tertiary/aromatic N) is 2. The molecule has 6 nitrogen and oxygen atoms in total. The number of ether oxygens (including phenoxy) is 1. The van der Waals surface area contributed by atoms with Gasteiger partial charge in [-0.15, -0.1) is 22.7 Å². The second kappa shape index (κ2) is 9.91. The molecule has 32 heavy (non-hydrogen) atoms. The Morgan fingerprint density at radius 3 is 2.47 bits per heavy atom. The van der Waals surface area contributed by atoms with Crippen molar-refractivity contribution in [2.24, 2.45) is 0 Å². The van der Waals surface area contributed by atoms with Gasteiger partial charge in [0.05, 0.1) is 34.4 Å². The van der Waals surface area contributed by atoms with Crippen LogP contribution in [0.15, 0.2) is 64.4 Å². The van der Waals surface area contributed by atoms with Gasteiger partial charge in [0.2, 0.25) is 5.91 Å². The maximum Gasteiger partial charge on any atom is 0.234 e. The molecule has 3 aromatic heterocycles. The minimum absolute atomic E-state index is 0.0548. The number of nitrogens with one attached hydrogen (secondary N) is 2. The van der Waals surface area contributed by atoms with Gasteiger partial charge in [-0.25, -0.2) is 4.98 Å². The molecule has 0 aliphatic carbocycles. The van der Waals surface area contributed by atoms with E-state index in [2.05, 4.69) is 32.7 Å². The highest BCUT2D eigenvalue weighted by atomic mass is 32.2. The fourth-order valence-corrected chi connectivity index (χ4v) is 5.64. The number of benzene rings is 1. The highest BCUT2D eigenvalue weighted by molar-refractivity contribution is 7.99. The number of aromatic amines is 1. The standard InChI is InChI=1S/C23H22N4O2S3/c28-20(24-16-5-7-17(8-6-16)27-9-11-29-12-10-27)15-32-23-25-21(18-3-1-13-30-18)22(26-23)19-4-2-14-31-19/h1-8,13-14H,9-12,15H2,(H,24,28)(H,25,26). The Labute approximate surface area is 198 Å². The first-order valence-corrected chi connectivity index (χ1v) is 13.0. The number of morpholine rings is 1. The van der Waals surface area contributed by atoms with Crippen molar-refractivity contribution >= 4 is 51.7 Å². The van der Waals surface area contributed by atoms with Gasteiger partial charge >= 0.3 is 0 Å². The predicted octanol–water partition coefficient (Wildman–Crippen LogP) is 5.43. The molecule has 4 heterocycles. The maximum atomic E-state index is 12.5. The summed E-state index contributed by atoms with van der Waals surface area (Å²) in [6, 6.07) is 16.2. The summed E-state index contributed by atoms with van der Waals surface area (Å²) in [4.78, 5) is 25.3. The third-order valence-corrected chi connectivity index (χ3v) is 7.71. The summed E-state index contributed by atoms with van der Waals surface area (Å²) >= 11 is 4.75. The van der Waals surface area contributed by atoms with Gasteiger partial charge in [-0.2, -0.15) is 0 Å². The topological polar surface area (TPSA) is 70.2 Å². The Kier molecular flexibility index (Phi) is 6.59. The van der Waals surface area contributed by atoms with E-state index in [1.54, 1.807) is 22.7 Å². The van der Waals surface area contributed by atoms with Crippen LogP contribution in [0.3, 0.4) is 0 Å². The van der Waals surface area contributed by atoms with Gasteiger partial charge in [0, 0.05) is 24.5 Å². The minimum Gasteiger partial charge on any atom is -0.378 e. The summed E-state index contributed by atoms with van der Waals surface area (Å²) in [6.45, 7) is 3.30. The van der Waals surface area contributed by atoms with E-state index in [9.17, 15) is 4.79 Å². The molecule has 1 saturated heterocycles. The van der Waals surface area contributed by atoms with Gasteiger partial charge < -0.3 is 19.9 Å². The van der Waals surface area contributed by atoms with Crippen LogP contribution in [0.4, 0.5) is 11.4 Å². The Morgan fingerprint density at radius 1 is 1.06 bits per heavy atom. The van der Waals surface area contributed by atoms with Crippen LogP contribution < -0.4 is 10.2 Å². The van der Waals surface area contributed by atoms with Crippen molar-refractivity contribution in [3.8, 4) is 21.1 Å². The normalized spacial score (nSPS) is 13.9. The molecule has 164 valence electrons. The van der Waals surface area contributed by atoms with Crippen LogP contribution in [0.25, 0.3) is 21.1 Å². The summed E-state index contributed by atoms with van der Waals surface area (Å²) in [7, 11) is 0. The number of rotatable bonds is 7. The third-order valence-electron chi connectivity index (χ3n) is 5.07. The molecule has 1 aliphatic rings. The smallest absolute Gasteiger partial charge is 0.234 e. The summed E-state index contributed by atoms with van der Waals surface area (Å²) < 4.78 is 5.40. The molecule has 0 unspecified atom stereocenters. The third kappa shape index (κ3) is 4.91. The van der Waals surface area contributed by atoms with Crippen LogP contribution in [0.5, 0.6) is 0 Å². The van der Waals surface area contributed by atoms with E-state index in [4.69, 9.17) is 9.72 Å². The molecule has 5 rings (SSSR count). The summed E-state index contributed by atoms with van der Waals surface area (Å²) in [5, 5.41) is 7.83. The average Bonchev–Trinajstić information content (AvgIpc) is 3.60. The lowest BCUT2D eigenvalue weighted by Crippen LogP contribution is -2.36. The molecule has 4 aromatic rings. The highest BCUT2D eigenvalue weighted by Crippen LogP contribution is 2.36. The van der Waals surface area contributed by atoms with Crippen molar-refractivity contribution in [1.82, 2.24) is 9.97 Å². The Bertz CT molecular complexity index is 1100. The molecular weight excluding hydrogens is 460 g/mol. The van der Waals surface area contributed by atoms with Gasteiger partial charge in [0.25, 0.3) is 0 Å². The first-order chi connectivity index (χ1) is 15.8. The molecule has 0 spiro atoms. The van der Waals surface area contributed by atoms with E-state index < -0.39 is 0 Å². The van der Waals surface area contributed by atoms with Crippen molar-refractivity contribution in [3.05, 3.63) is 59.3 Å². The number of carbonyl (C=O) groups is 1. The molecule has 0 atom stereocenters. The molecule has 9 heteroatoms. The fraction of sp³-hybridized carbons (Fsp3) is 0.217. The van der Waals surface area contributed by atoms with Crippen LogP contribution in [-0.2, 0) is 9.53 Å². The number of hydrogen-bond donors (Lipinski definition) is 2. The van der Waals surface area contributed by atoms with E-state index in [-0.39, 0.29) is 11.7 Å². The fourth-order valence-electron chi connectivity index (χ4n) is 3.52. The minimum atomic E-state index is -0.0548. The SMILES string of the molecule is O=C(CSc1nc(-c2cccs2)c(-c2cccs2)[nH]1)Nc1ccc(N2CCOCC2)cc1. The molecule has 1 fully saturated rings. The van der Waals surface area contributed by atoms with Crippen molar-refractivity contribution < 1.29 is 9.53 Å². The quantitative estimate of drug-likeness (QED) is 0.344. The van der Waals surface area contributed by atoms with Crippen LogP contribution in [-0.4, -0.2) is 47.9 Å². The molecule has 1 amide bonds. The lowest BCUT2D eigenvalue weighted by atomic mass is 10.2. The first kappa shape index (κ1) is 21.3. The van der Waals surface area contributed by atoms with E-state index in [0.29, 0.717) is 0 Å². The van der Waals surface area contributed by atoms with Gasteiger partial charge in [0.15, 0.2) is 5.16 Å². The van der Waals surface area contributed by atoms with Crippen LogP contribution >= 0.6 is 34.4 Å². The number of thioether (sulfide) groups is 1. The number of thiophene rings is 2. The second-order valence-corrected chi connectivity index (χ2v) is 10.1. The summed E-state index contributed by atoms with van der Waals surface area (Å²) in [6.07, 6.45) is 0. The largest absolute Gasteiger partial charge is 0.378 e. The van der Waals surface area contributed by atoms with Gasteiger partial charge in [-0.1, -0.05) is 23.9 Å². The Morgan fingerprint density at radius 2 is 1.78 bits per heavy atom. The molecule has 0 bridgehead atoms. The number of imidazole rings is 1. The average molecular weight is 483 g/mol. The van der Waals surface area contributed by atoms with Gasteiger partial charge in [0.1, 0.15) is 5.69 Å². The molecule has 1 aliphatic heterocycles. The van der Waals surface area contributed by atoms with Crippen molar-refractivity contribution in [3.63, 3.8) is 0 Å². The number of carbonyl (C=O) groups excluding carboxylic acids is 1. The number of hydrogen-bond acceptors (Lipinski definition) is 7. The van der Waals surface area contributed by atoms with E-state index >= 15 is 0 Å². The highest BCUT2D eigenvalue weighted by Gasteiger charge is 2.17. The number of H-pyrrole nitrogens is 1. The molecule has 0 radical (unpaired) electrons. The molecule has 0 saturated carbocycles. The van der Waals surface area contributed by atoms with Crippen LogP contribution in [0.2, 0.25) is 0 Å². The van der Waals surface area contributed by atoms with E-state index in [0.717, 1.165) is 64.0 Å². The lowest BCUT2D eigenvalue weighted by molar-refractivity contribution is -0.113. The number of anilines is 2. The van der Waals surface area contributed by atoms with E-state index in [1.165, 1.54) is 11.8 Å². The van der Waals surface area contributed by atoms with E-state index in [1.807, 2.05) is 41.8 Å². The van der Waals surface area contributed by atoms with Crippen molar-refractivity contribution in [2.45, 2.75) is 5.16 Å². The monoisotopic (exact) mass is 482 g/mol. The zero-order valence-corrected chi connectivity index (χ0v) is 19.7. The number of aromatic nitrogens is 2. The predicted molar refractivity (Wildman–Crippen MR) is 134 cm³/mol. The second-order valence-electron chi connectivity index (χ2n) is 7.20. The zero-order chi connectivity index (χ0) is 21.8. The number of amides is 1. The first-order valence-electron chi connectivity index (χ1n) is 10.3. The molecule has 1 aromatic carbocycles. The maximum absolute atomic E-state index is 12.5. The lowest BCUT2D eigenvalue weighted by Gasteiger charge is -2.28. The molecule has 2 N–H and O–H groups in total. The van der Waals surface area contributed by atoms with Crippen LogP contribution in [0, 0.1) is 0 Å². The Hall–Kier alpha value is -2.59. The summed E-state index contributed by atoms with van der Waals surface area (Å²) in [5.74, 6) is 0.229. The van der Waals surface area contributed by atoms with Gasteiger partial charge in [-0.05, 0) is 47.2 Å². The molecular formula is C23H22N4O2S3. The van der Waals surface area contributed by atoms with Crippen LogP contribution in [0.1, 0.15) is 0 Å². The van der Waals surface area contributed by atoms with Gasteiger partial charge in [-0.3, -0.25) is 4.79 Å². The van der Waals surface area contributed by atoms with Crippen molar-refractivity contribution in [1.29, 1.82) is 0 Å². The zero-order valence-electron chi connectivity index (χ0n) is 17.2. The summed E-state index contributed by atoms with van der Waals surface area (Å²) in [5.41, 5.74) is 3.89. The Balaban J connectivity index is 1.22. The van der Waals surface area contributed by atoms with Crippen molar-refractivity contribution in [2.75, 3.05) is 42.3 Å².